The Balaban J connectivity index is 1.94. The van der Waals surface area contributed by atoms with E-state index in [0.29, 0.717) is 0 Å². The molecule has 96 valence electrons. The van der Waals surface area contributed by atoms with Crippen LogP contribution in [0.4, 0.5) is 0 Å². The highest BCUT2D eigenvalue weighted by molar-refractivity contribution is 5.09. The third-order valence-corrected chi connectivity index (χ3v) is 4.16. The van der Waals surface area contributed by atoms with Crippen molar-refractivity contribution in [3.8, 4) is 0 Å². The van der Waals surface area contributed by atoms with Crippen molar-refractivity contribution < 1.29 is 5.11 Å². The summed E-state index contributed by atoms with van der Waals surface area (Å²) >= 11 is 0. The first kappa shape index (κ1) is 12.6. The summed E-state index contributed by atoms with van der Waals surface area (Å²) in [7, 11) is 0. The zero-order chi connectivity index (χ0) is 12.3. The average molecular weight is 236 g/mol. The van der Waals surface area contributed by atoms with E-state index in [1.54, 1.807) is 0 Å². The molecular formula is C14H24N2O. The average Bonchev–Trinajstić information content (AvgIpc) is 2.77. The largest absolute Gasteiger partial charge is 0.390 e. The van der Waals surface area contributed by atoms with Gasteiger partial charge in [0.05, 0.1) is 11.8 Å². The van der Waals surface area contributed by atoms with Crippen LogP contribution in [0.25, 0.3) is 0 Å². The zero-order valence-corrected chi connectivity index (χ0v) is 11.0. The van der Waals surface area contributed by atoms with Crippen LogP contribution in [0.5, 0.6) is 0 Å². The van der Waals surface area contributed by atoms with Gasteiger partial charge in [0.15, 0.2) is 0 Å². The first-order valence-electron chi connectivity index (χ1n) is 6.89. The van der Waals surface area contributed by atoms with Gasteiger partial charge in [-0.2, -0.15) is 5.10 Å². The third kappa shape index (κ3) is 3.09. The van der Waals surface area contributed by atoms with Crippen LogP contribution in [0, 0.1) is 5.92 Å². The smallest absolute Gasteiger partial charge is 0.0689 e. The van der Waals surface area contributed by atoms with Gasteiger partial charge >= 0.3 is 0 Å². The second kappa shape index (κ2) is 5.21. The maximum absolute atomic E-state index is 10.6. The van der Waals surface area contributed by atoms with Gasteiger partial charge in [0, 0.05) is 19.2 Å². The highest BCUT2D eigenvalue weighted by Gasteiger charge is 2.32. The number of nitrogens with zero attached hydrogens (tertiary/aromatic N) is 2. The number of aliphatic hydroxyl groups is 1. The molecular weight excluding hydrogens is 212 g/mol. The number of aryl methyl sites for hydroxylation is 1. The second-order valence-corrected chi connectivity index (χ2v) is 5.46. The molecule has 0 bridgehead atoms. The van der Waals surface area contributed by atoms with Crippen molar-refractivity contribution in [1.29, 1.82) is 0 Å². The fraction of sp³-hybridized carbons (Fsp3) is 0.786. The van der Waals surface area contributed by atoms with Crippen molar-refractivity contribution >= 4 is 0 Å². The van der Waals surface area contributed by atoms with Gasteiger partial charge in [0.1, 0.15) is 0 Å². The summed E-state index contributed by atoms with van der Waals surface area (Å²) in [6, 6.07) is 0. The fourth-order valence-electron chi connectivity index (χ4n) is 2.85. The van der Waals surface area contributed by atoms with E-state index in [1.807, 2.05) is 10.9 Å². The molecule has 3 nitrogen and oxygen atoms in total. The molecule has 1 fully saturated rings. The molecule has 1 heterocycles. The van der Waals surface area contributed by atoms with Crippen LogP contribution in [0.15, 0.2) is 12.4 Å². The normalized spacial score (nSPS) is 29.5. The van der Waals surface area contributed by atoms with Crippen molar-refractivity contribution in [2.75, 3.05) is 0 Å². The summed E-state index contributed by atoms with van der Waals surface area (Å²) in [4.78, 5) is 0. The van der Waals surface area contributed by atoms with E-state index < -0.39 is 5.60 Å². The van der Waals surface area contributed by atoms with Crippen LogP contribution >= 0.6 is 0 Å². The minimum absolute atomic E-state index is 0.479. The Kier molecular flexibility index (Phi) is 3.87. The minimum atomic E-state index is -0.479. The topological polar surface area (TPSA) is 38.1 Å². The Morgan fingerprint density at radius 2 is 2.12 bits per heavy atom. The van der Waals surface area contributed by atoms with E-state index in [2.05, 4.69) is 25.1 Å². The monoisotopic (exact) mass is 236 g/mol. The Morgan fingerprint density at radius 1 is 1.41 bits per heavy atom. The predicted molar refractivity (Wildman–Crippen MR) is 68.8 cm³/mol. The molecule has 0 aromatic carbocycles. The predicted octanol–water partition coefficient (Wildman–Crippen LogP) is 2.78. The highest BCUT2D eigenvalue weighted by atomic mass is 16.3. The molecule has 2 rings (SSSR count). The summed E-state index contributed by atoms with van der Waals surface area (Å²) in [5.74, 6) is 0.827. The molecule has 1 saturated carbocycles. The molecule has 0 spiro atoms. The van der Waals surface area contributed by atoms with E-state index in [4.69, 9.17) is 0 Å². The van der Waals surface area contributed by atoms with Gasteiger partial charge in [0.2, 0.25) is 0 Å². The molecule has 1 aromatic rings. The van der Waals surface area contributed by atoms with E-state index in [9.17, 15) is 5.11 Å². The number of hydrogen-bond donors (Lipinski definition) is 1. The molecule has 0 unspecified atom stereocenters. The van der Waals surface area contributed by atoms with E-state index >= 15 is 0 Å². The number of hydrogen-bond acceptors (Lipinski definition) is 2. The van der Waals surface area contributed by atoms with Crippen molar-refractivity contribution in [2.45, 2.75) is 64.5 Å². The Bertz CT molecular complexity index is 351. The lowest BCUT2D eigenvalue weighted by Crippen LogP contribution is -2.36. The van der Waals surface area contributed by atoms with Gasteiger partial charge in [0.25, 0.3) is 0 Å². The molecule has 1 aliphatic rings. The molecule has 0 amide bonds. The molecule has 0 radical (unpaired) electrons. The summed E-state index contributed by atoms with van der Waals surface area (Å²) in [6.45, 7) is 5.23. The Labute approximate surface area is 104 Å². The quantitative estimate of drug-likeness (QED) is 0.873. The third-order valence-electron chi connectivity index (χ3n) is 4.16. The van der Waals surface area contributed by atoms with Gasteiger partial charge in [-0.3, -0.25) is 4.68 Å². The van der Waals surface area contributed by atoms with Crippen molar-refractivity contribution in [2.24, 2.45) is 5.92 Å². The standard InChI is InChI=1S/C14H24N2O/c1-3-12-5-7-14(17,8-6-12)9-13-10-15-16(4-2)11-13/h10-12,17H,3-9H2,1-2H3. The molecule has 17 heavy (non-hydrogen) atoms. The van der Waals surface area contributed by atoms with E-state index in [0.717, 1.165) is 31.7 Å². The Hall–Kier alpha value is -0.830. The van der Waals surface area contributed by atoms with Crippen molar-refractivity contribution in [3.63, 3.8) is 0 Å². The summed E-state index contributed by atoms with van der Waals surface area (Å²) in [5.41, 5.74) is 0.692. The van der Waals surface area contributed by atoms with Gasteiger partial charge < -0.3 is 5.11 Å². The second-order valence-electron chi connectivity index (χ2n) is 5.46. The van der Waals surface area contributed by atoms with Gasteiger partial charge in [-0.1, -0.05) is 13.3 Å². The summed E-state index contributed by atoms with van der Waals surface area (Å²) in [6.07, 6.45) is 10.2. The fourth-order valence-corrected chi connectivity index (χ4v) is 2.85. The molecule has 0 saturated heterocycles. The van der Waals surface area contributed by atoms with E-state index in [1.165, 1.54) is 24.8 Å². The lowest BCUT2D eigenvalue weighted by Gasteiger charge is -2.35. The van der Waals surface area contributed by atoms with Gasteiger partial charge in [-0.05, 0) is 44.1 Å². The maximum atomic E-state index is 10.6. The summed E-state index contributed by atoms with van der Waals surface area (Å²) < 4.78 is 1.93. The number of rotatable bonds is 4. The first-order valence-corrected chi connectivity index (χ1v) is 6.89. The molecule has 1 aromatic heterocycles. The van der Waals surface area contributed by atoms with Gasteiger partial charge in [-0.15, -0.1) is 0 Å². The maximum Gasteiger partial charge on any atom is 0.0689 e. The molecule has 0 aliphatic heterocycles. The molecule has 0 atom stereocenters. The lowest BCUT2D eigenvalue weighted by atomic mass is 9.75. The zero-order valence-electron chi connectivity index (χ0n) is 11.0. The molecule has 1 aliphatic carbocycles. The Morgan fingerprint density at radius 3 is 2.65 bits per heavy atom. The van der Waals surface area contributed by atoms with E-state index in [-0.39, 0.29) is 0 Å². The molecule has 1 N–H and O–H groups in total. The number of aromatic nitrogens is 2. The van der Waals surface area contributed by atoms with Crippen LogP contribution < -0.4 is 0 Å². The first-order chi connectivity index (χ1) is 8.15. The van der Waals surface area contributed by atoms with Crippen LogP contribution in [0.1, 0.15) is 51.5 Å². The SMILES string of the molecule is CCC1CCC(O)(Cc2cnn(CC)c2)CC1. The van der Waals surface area contributed by atoms with Gasteiger partial charge in [-0.25, -0.2) is 0 Å². The van der Waals surface area contributed by atoms with Crippen LogP contribution in [0.2, 0.25) is 0 Å². The van der Waals surface area contributed by atoms with Crippen LogP contribution in [-0.4, -0.2) is 20.5 Å². The van der Waals surface area contributed by atoms with Crippen molar-refractivity contribution in [3.05, 3.63) is 18.0 Å². The van der Waals surface area contributed by atoms with Crippen molar-refractivity contribution in [1.82, 2.24) is 9.78 Å². The van der Waals surface area contributed by atoms with Crippen LogP contribution in [-0.2, 0) is 13.0 Å². The summed E-state index contributed by atoms with van der Waals surface area (Å²) in [5, 5.41) is 14.9. The minimum Gasteiger partial charge on any atom is -0.390 e. The molecule has 3 heteroatoms. The highest BCUT2D eigenvalue weighted by Crippen LogP contribution is 2.35. The van der Waals surface area contributed by atoms with Crippen LogP contribution in [0.3, 0.4) is 0 Å². The lowest BCUT2D eigenvalue weighted by molar-refractivity contribution is -0.00923.